The Hall–Kier alpha value is -3.68. The Kier molecular flexibility index (Phi) is 6.18. The van der Waals surface area contributed by atoms with Crippen LogP contribution in [-0.2, 0) is 24.1 Å². The van der Waals surface area contributed by atoms with Crippen LogP contribution in [0.4, 0.5) is 5.69 Å². The minimum atomic E-state index is -0.0924. The van der Waals surface area contributed by atoms with Crippen LogP contribution in [0.3, 0.4) is 0 Å². The molecular weight excluding hydrogens is 508 g/mol. The second kappa shape index (κ2) is 9.65. The molecule has 0 atom stereocenters. The Morgan fingerprint density at radius 3 is 2.73 bits per heavy atom. The van der Waals surface area contributed by atoms with Crippen molar-refractivity contribution in [2.75, 3.05) is 18.2 Å². The largest absolute Gasteiger partial charge is 0.454 e. The normalized spacial score (nSPS) is 13.6. The summed E-state index contributed by atoms with van der Waals surface area (Å²) in [6.45, 7) is 2.85. The van der Waals surface area contributed by atoms with Gasteiger partial charge in [0.05, 0.1) is 22.7 Å². The van der Waals surface area contributed by atoms with E-state index in [9.17, 15) is 9.59 Å². The van der Waals surface area contributed by atoms with Crippen LogP contribution in [0.5, 0.6) is 11.5 Å². The number of amides is 1. The van der Waals surface area contributed by atoms with E-state index < -0.39 is 0 Å². The molecule has 8 heteroatoms. The number of aromatic nitrogens is 1. The highest BCUT2D eigenvalue weighted by Gasteiger charge is 2.27. The third-order valence-corrected chi connectivity index (χ3v) is 7.93. The van der Waals surface area contributed by atoms with Gasteiger partial charge in [-0.15, -0.1) is 11.3 Å². The van der Waals surface area contributed by atoms with Crippen molar-refractivity contribution in [1.82, 2.24) is 4.98 Å². The summed E-state index contributed by atoms with van der Waals surface area (Å²) in [6, 6.07) is 18.8. The number of Topliss-reactive ketones (excluding diaryl/α,β-unsaturated/α-hetero) is 1. The van der Waals surface area contributed by atoms with E-state index in [1.165, 1.54) is 0 Å². The van der Waals surface area contributed by atoms with Crippen molar-refractivity contribution in [3.8, 4) is 22.8 Å². The highest BCUT2D eigenvalue weighted by Crippen LogP contribution is 2.36. The minimum Gasteiger partial charge on any atom is -0.454 e. The Morgan fingerprint density at radius 1 is 1.03 bits per heavy atom. The first kappa shape index (κ1) is 23.7. The van der Waals surface area contributed by atoms with Gasteiger partial charge in [0.1, 0.15) is 10.8 Å². The Bertz CT molecular complexity index is 1550. The molecule has 0 radical (unpaired) electrons. The van der Waals surface area contributed by atoms with E-state index in [0.717, 1.165) is 44.4 Å². The topological polar surface area (TPSA) is 68.7 Å². The summed E-state index contributed by atoms with van der Waals surface area (Å²) in [6.07, 6.45) is 1.37. The molecule has 0 fully saturated rings. The molecular formula is C29H23ClN2O4S. The average Bonchev–Trinajstić information content (AvgIpc) is 3.61. The van der Waals surface area contributed by atoms with Gasteiger partial charge in [-0.2, -0.15) is 0 Å². The highest BCUT2D eigenvalue weighted by molar-refractivity contribution is 7.12. The molecule has 186 valence electrons. The summed E-state index contributed by atoms with van der Waals surface area (Å²) in [5, 5.41) is 1.26. The molecule has 6 nitrogen and oxygen atoms in total. The van der Waals surface area contributed by atoms with Crippen LogP contribution in [0.2, 0.25) is 5.02 Å². The molecule has 0 spiro atoms. The van der Waals surface area contributed by atoms with E-state index in [1.54, 1.807) is 28.4 Å². The van der Waals surface area contributed by atoms with Crippen molar-refractivity contribution in [1.29, 1.82) is 0 Å². The SMILES string of the molecule is Cc1sc(CC(=O)Cc2ccc3c(c2)OCO3)nc1-c1ccc2c(c1)CCN2C(=O)c1ccccc1Cl. The Balaban J connectivity index is 1.17. The van der Waals surface area contributed by atoms with Crippen molar-refractivity contribution < 1.29 is 19.1 Å². The number of anilines is 1. The number of ether oxygens (including phenoxy) is 2. The molecule has 0 N–H and O–H groups in total. The molecule has 0 unspecified atom stereocenters. The third kappa shape index (κ3) is 4.61. The van der Waals surface area contributed by atoms with Crippen molar-refractivity contribution in [2.24, 2.45) is 0 Å². The minimum absolute atomic E-state index is 0.0924. The van der Waals surface area contributed by atoms with Crippen molar-refractivity contribution in [2.45, 2.75) is 26.2 Å². The quantitative estimate of drug-likeness (QED) is 0.303. The number of hydrogen-bond acceptors (Lipinski definition) is 6. The van der Waals surface area contributed by atoms with E-state index in [4.69, 9.17) is 26.1 Å². The number of fused-ring (bicyclic) bond motifs is 2. The average molecular weight is 531 g/mol. The van der Waals surface area contributed by atoms with Gasteiger partial charge in [-0.25, -0.2) is 4.98 Å². The zero-order valence-electron chi connectivity index (χ0n) is 20.1. The molecule has 0 saturated heterocycles. The fourth-order valence-electron chi connectivity index (χ4n) is 4.84. The number of thiazole rings is 1. The second-order valence-corrected chi connectivity index (χ2v) is 10.8. The lowest BCUT2D eigenvalue weighted by molar-refractivity contribution is -0.117. The lowest BCUT2D eigenvalue weighted by Gasteiger charge is -2.18. The molecule has 3 aromatic carbocycles. The zero-order valence-corrected chi connectivity index (χ0v) is 21.7. The summed E-state index contributed by atoms with van der Waals surface area (Å²) in [5.74, 6) is 1.40. The zero-order chi connectivity index (χ0) is 25.5. The predicted octanol–water partition coefficient (Wildman–Crippen LogP) is 6.06. The van der Waals surface area contributed by atoms with Gasteiger partial charge in [-0.05, 0) is 60.9 Å². The van der Waals surface area contributed by atoms with Gasteiger partial charge in [0.25, 0.3) is 5.91 Å². The number of benzene rings is 3. The van der Waals surface area contributed by atoms with Gasteiger partial charge >= 0.3 is 0 Å². The number of carbonyl (C=O) groups excluding carboxylic acids is 2. The number of ketones is 1. The number of nitrogens with zero attached hydrogens (tertiary/aromatic N) is 2. The molecule has 0 bridgehead atoms. The van der Waals surface area contributed by atoms with Crippen LogP contribution in [0.1, 0.15) is 31.4 Å². The molecule has 2 aliphatic rings. The number of halogens is 1. The summed E-state index contributed by atoms with van der Waals surface area (Å²) >= 11 is 7.81. The molecule has 0 aliphatic carbocycles. The van der Waals surface area contributed by atoms with E-state index >= 15 is 0 Å². The summed E-state index contributed by atoms with van der Waals surface area (Å²) < 4.78 is 10.8. The fraction of sp³-hybridized carbons (Fsp3) is 0.207. The number of hydrogen-bond donors (Lipinski definition) is 0. The van der Waals surface area contributed by atoms with Gasteiger partial charge in [0.2, 0.25) is 6.79 Å². The molecule has 2 aliphatic heterocycles. The maximum atomic E-state index is 13.1. The van der Waals surface area contributed by atoms with Crippen LogP contribution < -0.4 is 14.4 Å². The van der Waals surface area contributed by atoms with Crippen LogP contribution >= 0.6 is 22.9 Å². The van der Waals surface area contributed by atoms with Gasteiger partial charge in [0.15, 0.2) is 11.5 Å². The summed E-state index contributed by atoms with van der Waals surface area (Å²) in [7, 11) is 0. The maximum absolute atomic E-state index is 13.1. The molecule has 0 saturated carbocycles. The summed E-state index contributed by atoms with van der Waals surface area (Å²) in [4.78, 5) is 33.6. The highest BCUT2D eigenvalue weighted by atomic mass is 35.5. The molecule has 1 aromatic heterocycles. The van der Waals surface area contributed by atoms with Crippen LogP contribution in [0.15, 0.2) is 60.7 Å². The van der Waals surface area contributed by atoms with Gasteiger partial charge in [-0.1, -0.05) is 35.9 Å². The molecule has 6 rings (SSSR count). The van der Waals surface area contributed by atoms with Crippen LogP contribution in [-0.4, -0.2) is 30.0 Å². The number of aryl methyl sites for hydroxylation is 1. The first-order valence-corrected chi connectivity index (χ1v) is 13.2. The van der Waals surface area contributed by atoms with Crippen molar-refractivity contribution in [3.05, 3.63) is 92.3 Å². The molecule has 37 heavy (non-hydrogen) atoms. The summed E-state index contributed by atoms with van der Waals surface area (Å²) in [5.41, 5.74) is 5.29. The number of carbonyl (C=O) groups is 2. The molecule has 4 aromatic rings. The van der Waals surface area contributed by atoms with E-state index in [-0.39, 0.29) is 24.9 Å². The van der Waals surface area contributed by atoms with E-state index in [1.807, 2.05) is 49.4 Å². The molecule has 1 amide bonds. The third-order valence-electron chi connectivity index (χ3n) is 6.63. The smallest absolute Gasteiger partial charge is 0.259 e. The Labute approximate surface area is 223 Å². The number of rotatable bonds is 6. The van der Waals surface area contributed by atoms with Gasteiger partial charge in [0, 0.05) is 29.1 Å². The fourth-order valence-corrected chi connectivity index (χ4v) is 6.04. The molecule has 3 heterocycles. The van der Waals surface area contributed by atoms with Crippen molar-refractivity contribution >= 4 is 40.3 Å². The monoisotopic (exact) mass is 530 g/mol. The van der Waals surface area contributed by atoms with Crippen molar-refractivity contribution in [3.63, 3.8) is 0 Å². The first-order valence-electron chi connectivity index (χ1n) is 12.0. The van der Waals surface area contributed by atoms with Crippen LogP contribution in [0, 0.1) is 6.92 Å². The first-order chi connectivity index (χ1) is 18.0. The predicted molar refractivity (Wildman–Crippen MR) is 144 cm³/mol. The standard InChI is InChI=1S/C29H23ClN2O4S/c1-17-28(31-27(37-17)15-21(33)12-18-6-9-25-26(13-18)36-16-35-25)20-7-8-24-19(14-20)10-11-32(24)29(34)22-4-2-3-5-23(22)30/h2-9,13-14H,10-12,15-16H2,1H3. The van der Waals surface area contributed by atoms with E-state index in [2.05, 4.69) is 6.07 Å². The lowest BCUT2D eigenvalue weighted by atomic mass is 10.0. The second-order valence-electron chi connectivity index (χ2n) is 9.12. The van der Waals surface area contributed by atoms with Gasteiger partial charge < -0.3 is 14.4 Å². The van der Waals surface area contributed by atoms with E-state index in [0.29, 0.717) is 35.1 Å². The van der Waals surface area contributed by atoms with Crippen LogP contribution in [0.25, 0.3) is 11.3 Å². The lowest BCUT2D eigenvalue weighted by Crippen LogP contribution is -2.29. The Morgan fingerprint density at radius 2 is 1.86 bits per heavy atom. The van der Waals surface area contributed by atoms with Gasteiger partial charge in [-0.3, -0.25) is 9.59 Å². The maximum Gasteiger partial charge on any atom is 0.259 e.